The second kappa shape index (κ2) is 13.4. The van der Waals surface area contributed by atoms with Crippen LogP contribution in [0.1, 0.15) is 0 Å². The molecular formula is C54H35NS. The maximum Gasteiger partial charge on any atom is 0.0541 e. The molecule has 0 amide bonds. The summed E-state index contributed by atoms with van der Waals surface area (Å²) in [6.07, 6.45) is 0. The Balaban J connectivity index is 1.09. The molecular weight excluding hydrogens is 695 g/mol. The highest BCUT2D eigenvalue weighted by atomic mass is 32.1. The number of hydrogen-bond acceptors (Lipinski definition) is 1. The fourth-order valence-corrected chi connectivity index (χ4v) is 9.81. The lowest BCUT2D eigenvalue weighted by atomic mass is 9.92. The molecule has 11 rings (SSSR count). The van der Waals surface area contributed by atoms with Gasteiger partial charge in [-0.15, -0.1) is 11.3 Å². The summed E-state index contributed by atoms with van der Waals surface area (Å²) in [5.74, 6) is 0. The molecule has 0 fully saturated rings. The lowest BCUT2D eigenvalue weighted by Crippen LogP contribution is -1.92. The predicted octanol–water partition coefficient (Wildman–Crippen LogP) is 15.5. The number of nitrogens with zero attached hydrogens (tertiary/aromatic N) is 1. The molecule has 2 aromatic heterocycles. The van der Waals surface area contributed by atoms with Crippen LogP contribution in [0.2, 0.25) is 0 Å². The average Bonchev–Trinajstić information content (AvgIpc) is 3.82. The fourth-order valence-electron chi connectivity index (χ4n) is 8.47. The van der Waals surface area contributed by atoms with E-state index in [1.165, 1.54) is 103 Å². The third kappa shape index (κ3) is 5.46. The summed E-state index contributed by atoms with van der Waals surface area (Å²) in [4.78, 5) is 0. The molecule has 1 nitrogen and oxygen atoms in total. The van der Waals surface area contributed by atoms with Gasteiger partial charge in [-0.3, -0.25) is 0 Å². The first kappa shape index (κ1) is 32.4. The van der Waals surface area contributed by atoms with Gasteiger partial charge in [-0.25, -0.2) is 0 Å². The number of fused-ring (bicyclic) bond motifs is 6. The molecule has 2 heterocycles. The van der Waals surface area contributed by atoms with Crippen LogP contribution in [0.5, 0.6) is 0 Å². The van der Waals surface area contributed by atoms with Gasteiger partial charge in [0.05, 0.1) is 11.0 Å². The summed E-state index contributed by atoms with van der Waals surface area (Å²) in [6, 6.07) is 77.6. The molecule has 9 aromatic carbocycles. The van der Waals surface area contributed by atoms with Gasteiger partial charge >= 0.3 is 0 Å². The van der Waals surface area contributed by atoms with Crippen LogP contribution in [-0.4, -0.2) is 4.57 Å². The second-order valence-electron chi connectivity index (χ2n) is 14.5. The van der Waals surface area contributed by atoms with Gasteiger partial charge in [-0.05, 0) is 99.1 Å². The summed E-state index contributed by atoms with van der Waals surface area (Å²) in [6.45, 7) is 0. The standard InChI is InChI=1S/C54H35NS/c1-5-15-36(16-6-1)42-32-46(39-19-9-3-10-20-39)53-49(34-42)50-35-43(37-17-7-2-8-18-37)33-47(54(50)56-53)40-27-25-38(26-28-40)41-29-30-52-48(31-41)45-23-13-14-24-51(45)55(52)44-21-11-4-12-22-44/h1-35H. The Bertz CT molecular complexity index is 3190. The average molecular weight is 730 g/mol. The molecule has 0 saturated carbocycles. The van der Waals surface area contributed by atoms with E-state index < -0.39 is 0 Å². The Morgan fingerprint density at radius 1 is 0.268 bits per heavy atom. The van der Waals surface area contributed by atoms with Crippen LogP contribution < -0.4 is 0 Å². The largest absolute Gasteiger partial charge is 0.309 e. The molecule has 0 bridgehead atoms. The van der Waals surface area contributed by atoms with E-state index >= 15 is 0 Å². The minimum atomic E-state index is 1.17. The number of para-hydroxylation sites is 2. The van der Waals surface area contributed by atoms with Crippen molar-refractivity contribution in [3.05, 3.63) is 212 Å². The van der Waals surface area contributed by atoms with Gasteiger partial charge in [0, 0.05) is 47.8 Å². The molecule has 11 aromatic rings. The number of thiophene rings is 1. The van der Waals surface area contributed by atoms with Crippen molar-refractivity contribution in [3.63, 3.8) is 0 Å². The lowest BCUT2D eigenvalue weighted by molar-refractivity contribution is 1.18. The summed E-state index contributed by atoms with van der Waals surface area (Å²) in [5, 5.41) is 5.11. The van der Waals surface area contributed by atoms with Crippen LogP contribution in [-0.2, 0) is 0 Å². The molecule has 262 valence electrons. The number of hydrogen-bond donors (Lipinski definition) is 0. The zero-order valence-electron chi connectivity index (χ0n) is 30.6. The van der Waals surface area contributed by atoms with Crippen LogP contribution in [0.25, 0.3) is 103 Å². The predicted molar refractivity (Wildman–Crippen MR) is 241 cm³/mol. The minimum absolute atomic E-state index is 1.17. The fraction of sp³-hybridized carbons (Fsp3) is 0. The van der Waals surface area contributed by atoms with Crippen LogP contribution in [0.4, 0.5) is 0 Å². The van der Waals surface area contributed by atoms with E-state index in [1.807, 2.05) is 11.3 Å². The highest BCUT2D eigenvalue weighted by Crippen LogP contribution is 2.47. The SMILES string of the molecule is c1ccc(-c2cc(-c3ccccc3)c3sc4c(-c5ccc(-c6ccc7c(c6)c6ccccc6n7-c6ccccc6)cc5)cc(-c5ccccc5)cc4c3c2)cc1. The van der Waals surface area contributed by atoms with E-state index in [9.17, 15) is 0 Å². The summed E-state index contributed by atoms with van der Waals surface area (Å²) < 4.78 is 5.00. The highest BCUT2D eigenvalue weighted by molar-refractivity contribution is 7.27. The molecule has 2 heteroatoms. The molecule has 0 saturated heterocycles. The van der Waals surface area contributed by atoms with Crippen LogP contribution in [0.3, 0.4) is 0 Å². The summed E-state index contributed by atoms with van der Waals surface area (Å²) in [5.41, 5.74) is 15.9. The highest BCUT2D eigenvalue weighted by Gasteiger charge is 2.19. The zero-order valence-corrected chi connectivity index (χ0v) is 31.4. The topological polar surface area (TPSA) is 4.93 Å². The monoisotopic (exact) mass is 729 g/mol. The van der Waals surface area contributed by atoms with Gasteiger partial charge in [-0.2, -0.15) is 0 Å². The molecule has 0 aliphatic rings. The van der Waals surface area contributed by atoms with Crippen LogP contribution in [0.15, 0.2) is 212 Å². The first-order valence-corrected chi connectivity index (χ1v) is 20.0. The first-order chi connectivity index (χ1) is 27.8. The minimum Gasteiger partial charge on any atom is -0.309 e. The Kier molecular flexibility index (Phi) is 7.75. The number of rotatable bonds is 6. The van der Waals surface area contributed by atoms with Crippen LogP contribution in [0, 0.1) is 0 Å². The van der Waals surface area contributed by atoms with Gasteiger partial charge in [0.25, 0.3) is 0 Å². The Morgan fingerprint density at radius 3 is 1.27 bits per heavy atom. The first-order valence-electron chi connectivity index (χ1n) is 19.2. The number of aromatic nitrogens is 1. The van der Waals surface area contributed by atoms with E-state index in [1.54, 1.807) is 0 Å². The van der Waals surface area contributed by atoms with Gasteiger partial charge in [0.1, 0.15) is 0 Å². The molecule has 0 radical (unpaired) electrons. The van der Waals surface area contributed by atoms with Crippen molar-refractivity contribution in [2.75, 3.05) is 0 Å². The molecule has 0 aliphatic heterocycles. The van der Waals surface area contributed by atoms with Crippen molar-refractivity contribution in [2.45, 2.75) is 0 Å². The van der Waals surface area contributed by atoms with Gasteiger partial charge in [-0.1, -0.05) is 158 Å². The molecule has 0 N–H and O–H groups in total. The Morgan fingerprint density at radius 2 is 0.679 bits per heavy atom. The van der Waals surface area contributed by atoms with E-state index in [0.717, 1.165) is 0 Å². The van der Waals surface area contributed by atoms with Crippen molar-refractivity contribution in [1.29, 1.82) is 0 Å². The third-order valence-corrected chi connectivity index (χ3v) is 12.5. The van der Waals surface area contributed by atoms with Crippen LogP contribution >= 0.6 is 11.3 Å². The van der Waals surface area contributed by atoms with Crippen molar-refractivity contribution in [1.82, 2.24) is 4.57 Å². The van der Waals surface area contributed by atoms with E-state index in [4.69, 9.17) is 0 Å². The van der Waals surface area contributed by atoms with Crippen molar-refractivity contribution in [3.8, 4) is 61.3 Å². The summed E-state index contributed by atoms with van der Waals surface area (Å²) >= 11 is 1.91. The van der Waals surface area contributed by atoms with Gasteiger partial charge < -0.3 is 4.57 Å². The second-order valence-corrected chi connectivity index (χ2v) is 15.5. The van der Waals surface area contributed by atoms with E-state index in [2.05, 4.69) is 217 Å². The quantitative estimate of drug-likeness (QED) is 0.161. The van der Waals surface area contributed by atoms with E-state index in [0.29, 0.717) is 0 Å². The van der Waals surface area contributed by atoms with E-state index in [-0.39, 0.29) is 0 Å². The number of benzene rings is 9. The van der Waals surface area contributed by atoms with Gasteiger partial charge in [0.2, 0.25) is 0 Å². The molecule has 0 spiro atoms. The van der Waals surface area contributed by atoms with Gasteiger partial charge in [0.15, 0.2) is 0 Å². The van der Waals surface area contributed by atoms with Crippen molar-refractivity contribution < 1.29 is 0 Å². The maximum atomic E-state index is 2.41. The molecule has 0 unspecified atom stereocenters. The lowest BCUT2D eigenvalue weighted by Gasteiger charge is -2.11. The Hall–Kier alpha value is -7.00. The maximum absolute atomic E-state index is 2.41. The smallest absolute Gasteiger partial charge is 0.0541 e. The third-order valence-electron chi connectivity index (χ3n) is 11.2. The normalized spacial score (nSPS) is 11.6. The molecule has 0 atom stereocenters. The molecule has 0 aliphatic carbocycles. The van der Waals surface area contributed by atoms with Crippen molar-refractivity contribution in [2.24, 2.45) is 0 Å². The van der Waals surface area contributed by atoms with Crippen molar-refractivity contribution >= 4 is 53.3 Å². The summed E-state index contributed by atoms with van der Waals surface area (Å²) in [7, 11) is 0. The Labute approximate surface area is 330 Å². The zero-order chi connectivity index (χ0) is 37.0. The molecule has 56 heavy (non-hydrogen) atoms.